The highest BCUT2D eigenvalue weighted by molar-refractivity contribution is 8.15. The van der Waals surface area contributed by atoms with E-state index in [9.17, 15) is 4.79 Å². The number of carbonyl (C=O) groups is 1. The zero-order valence-electron chi connectivity index (χ0n) is 18.1. The lowest BCUT2D eigenvalue weighted by Crippen LogP contribution is -2.15. The molecule has 0 saturated heterocycles. The second kappa shape index (κ2) is 10.5. The largest absolute Gasteiger partial charge is 0.491 e. The Hall–Kier alpha value is -3.73. The fourth-order valence-corrected chi connectivity index (χ4v) is 3.17. The average Bonchev–Trinajstić information content (AvgIpc) is 3.27. The number of rotatable bonds is 6. The first kappa shape index (κ1) is 22.9. The molecule has 3 aromatic rings. The van der Waals surface area contributed by atoms with Gasteiger partial charge in [-0.2, -0.15) is 9.98 Å². The molecule has 166 valence electrons. The molecule has 0 bridgehead atoms. The molecule has 10 nitrogen and oxygen atoms in total. The topological polar surface area (TPSA) is 121 Å². The second-order valence-corrected chi connectivity index (χ2v) is 6.97. The third-order valence-corrected chi connectivity index (χ3v) is 4.83. The Morgan fingerprint density at radius 2 is 1.88 bits per heavy atom. The minimum Gasteiger partial charge on any atom is -0.491 e. The zero-order chi connectivity index (χ0) is 23.1. The van der Waals surface area contributed by atoms with E-state index in [1.807, 2.05) is 12.1 Å². The molecule has 0 N–H and O–H groups in total. The molecule has 0 aliphatic carbocycles. The first-order chi connectivity index (χ1) is 15.5. The summed E-state index contributed by atoms with van der Waals surface area (Å²) in [4.78, 5) is 29.0. The predicted octanol–water partition coefficient (Wildman–Crippen LogP) is 4.11. The van der Waals surface area contributed by atoms with Crippen LogP contribution in [0.3, 0.4) is 0 Å². The molecule has 32 heavy (non-hydrogen) atoms. The molecule has 2 aromatic heterocycles. The van der Waals surface area contributed by atoms with Crippen molar-refractivity contribution < 1.29 is 23.5 Å². The third-order valence-electron chi connectivity index (χ3n) is 4.16. The van der Waals surface area contributed by atoms with Crippen molar-refractivity contribution in [1.29, 1.82) is 0 Å². The summed E-state index contributed by atoms with van der Waals surface area (Å²) >= 11 is 1.25. The van der Waals surface area contributed by atoms with Gasteiger partial charge in [-0.3, -0.25) is 0 Å². The summed E-state index contributed by atoms with van der Waals surface area (Å²) in [5.74, 6) is 1.71. The van der Waals surface area contributed by atoms with Gasteiger partial charge in [-0.15, -0.1) is 11.8 Å². The first-order valence-electron chi connectivity index (χ1n) is 9.27. The van der Waals surface area contributed by atoms with Gasteiger partial charge in [-0.25, -0.2) is 14.8 Å². The van der Waals surface area contributed by atoms with Crippen molar-refractivity contribution >= 4 is 34.3 Å². The number of aromatic nitrogens is 3. The van der Waals surface area contributed by atoms with Crippen molar-refractivity contribution in [3.8, 4) is 23.0 Å². The van der Waals surface area contributed by atoms with Gasteiger partial charge in [0.25, 0.3) is 5.88 Å². The Morgan fingerprint density at radius 3 is 2.44 bits per heavy atom. The normalized spacial score (nSPS) is 11.9. The molecule has 0 radical (unpaired) electrons. The third kappa shape index (κ3) is 5.30. The van der Waals surface area contributed by atoms with Crippen LogP contribution in [0.15, 0.2) is 51.0 Å². The molecule has 0 unspecified atom stereocenters. The van der Waals surface area contributed by atoms with Gasteiger partial charge in [0.2, 0.25) is 11.7 Å². The van der Waals surface area contributed by atoms with E-state index >= 15 is 0 Å². The fourth-order valence-electron chi connectivity index (χ4n) is 2.65. The summed E-state index contributed by atoms with van der Waals surface area (Å²) in [7, 11) is 4.27. The molecule has 2 heterocycles. The summed E-state index contributed by atoms with van der Waals surface area (Å²) in [5, 5.41) is 4.26. The van der Waals surface area contributed by atoms with Crippen LogP contribution in [0.5, 0.6) is 11.6 Å². The monoisotopic (exact) mass is 455 g/mol. The summed E-state index contributed by atoms with van der Waals surface area (Å²) in [6.07, 6.45) is 2.62. The molecular weight excluding hydrogens is 434 g/mol. The summed E-state index contributed by atoms with van der Waals surface area (Å²) in [5.41, 5.74) is 2.39. The highest BCUT2D eigenvalue weighted by atomic mass is 32.2. The number of hydrogen-bond donors (Lipinski definition) is 0. The molecular formula is C21H21N5O5S. The molecule has 0 spiro atoms. The number of ether oxygens (including phenoxy) is 3. The van der Waals surface area contributed by atoms with E-state index in [1.54, 1.807) is 37.6 Å². The van der Waals surface area contributed by atoms with Crippen molar-refractivity contribution in [2.75, 3.05) is 27.6 Å². The van der Waals surface area contributed by atoms with Crippen molar-refractivity contribution in [1.82, 2.24) is 15.1 Å². The lowest BCUT2D eigenvalue weighted by atomic mass is 10.1. The van der Waals surface area contributed by atoms with E-state index in [4.69, 9.17) is 19.0 Å². The van der Waals surface area contributed by atoms with Crippen LogP contribution in [0.2, 0.25) is 0 Å². The SMILES string of the molecule is COC(=O)/N=C(SC)/C(=N\c1ccc(-c2noc(C)n2)cc1)c1cnc(OC)c(OC)c1. The lowest BCUT2D eigenvalue weighted by molar-refractivity contribution is 0.183. The van der Waals surface area contributed by atoms with E-state index in [0.717, 1.165) is 5.56 Å². The maximum absolute atomic E-state index is 11.8. The minimum absolute atomic E-state index is 0.325. The number of nitrogens with zero attached hydrogens (tertiary/aromatic N) is 5. The standard InChI is InChI=1S/C21H21N5O5S/c1-12-23-18(26-31-12)13-6-8-15(9-7-13)24-17(20(32-5)25-21(27)30-4)14-10-16(28-2)19(29-3)22-11-14/h6-11H,1-5H3/b24-17-,25-20-. The van der Waals surface area contributed by atoms with Gasteiger partial charge in [-0.1, -0.05) is 5.16 Å². The Morgan fingerprint density at radius 1 is 1.12 bits per heavy atom. The van der Waals surface area contributed by atoms with Crippen LogP contribution < -0.4 is 9.47 Å². The second-order valence-electron chi connectivity index (χ2n) is 6.17. The van der Waals surface area contributed by atoms with E-state index in [2.05, 4.69) is 24.9 Å². The number of aryl methyl sites for hydroxylation is 1. The summed E-state index contributed by atoms with van der Waals surface area (Å²) in [6, 6.07) is 8.95. The number of thioether (sulfide) groups is 1. The molecule has 0 aliphatic heterocycles. The van der Waals surface area contributed by atoms with E-state index in [-0.39, 0.29) is 0 Å². The molecule has 0 saturated carbocycles. The number of pyridine rings is 1. The lowest BCUT2D eigenvalue weighted by Gasteiger charge is -2.11. The Balaban J connectivity index is 2.08. The minimum atomic E-state index is -0.738. The highest BCUT2D eigenvalue weighted by Gasteiger charge is 2.18. The van der Waals surface area contributed by atoms with E-state index < -0.39 is 6.09 Å². The van der Waals surface area contributed by atoms with Crippen molar-refractivity contribution in [3.63, 3.8) is 0 Å². The molecule has 1 amide bonds. The van der Waals surface area contributed by atoms with Gasteiger partial charge in [0, 0.05) is 24.2 Å². The van der Waals surface area contributed by atoms with Crippen LogP contribution in [0.25, 0.3) is 11.4 Å². The maximum atomic E-state index is 11.8. The molecule has 3 rings (SSSR count). The molecule has 1 aromatic carbocycles. The number of methoxy groups -OCH3 is 3. The Bertz CT molecular complexity index is 1160. The Kier molecular flexibility index (Phi) is 7.55. The van der Waals surface area contributed by atoms with Gasteiger partial charge in [0.15, 0.2) is 5.75 Å². The Labute approximate surface area is 188 Å². The fraction of sp³-hybridized carbons (Fsp3) is 0.238. The van der Waals surface area contributed by atoms with Crippen molar-refractivity contribution in [2.24, 2.45) is 9.98 Å². The molecule has 0 aliphatic rings. The number of aliphatic imine (C=N–C) groups is 2. The van der Waals surface area contributed by atoms with Gasteiger partial charge >= 0.3 is 6.09 Å². The van der Waals surface area contributed by atoms with E-state index in [1.165, 1.54) is 33.1 Å². The van der Waals surface area contributed by atoms with Gasteiger partial charge in [-0.05, 0) is 36.6 Å². The van der Waals surface area contributed by atoms with Gasteiger partial charge < -0.3 is 18.7 Å². The van der Waals surface area contributed by atoms with Crippen molar-refractivity contribution in [2.45, 2.75) is 6.92 Å². The van der Waals surface area contributed by atoms with Crippen LogP contribution >= 0.6 is 11.8 Å². The highest BCUT2D eigenvalue weighted by Crippen LogP contribution is 2.27. The average molecular weight is 455 g/mol. The quantitative estimate of drug-likeness (QED) is 0.399. The van der Waals surface area contributed by atoms with Crippen LogP contribution in [-0.4, -0.2) is 59.6 Å². The first-order valence-corrected chi connectivity index (χ1v) is 10.5. The smallest absolute Gasteiger partial charge is 0.434 e. The molecule has 11 heteroatoms. The predicted molar refractivity (Wildman–Crippen MR) is 121 cm³/mol. The molecule has 0 fully saturated rings. The summed E-state index contributed by atoms with van der Waals surface area (Å²) in [6.45, 7) is 1.73. The molecule has 0 atom stereocenters. The van der Waals surface area contributed by atoms with Crippen LogP contribution in [-0.2, 0) is 4.74 Å². The number of amides is 1. The number of hydrogen-bond acceptors (Lipinski definition) is 10. The van der Waals surface area contributed by atoms with Crippen molar-refractivity contribution in [3.05, 3.63) is 48.0 Å². The van der Waals surface area contributed by atoms with Crippen LogP contribution in [0.1, 0.15) is 11.5 Å². The van der Waals surface area contributed by atoms with Crippen LogP contribution in [0, 0.1) is 6.92 Å². The van der Waals surface area contributed by atoms with Gasteiger partial charge in [0.1, 0.15) is 10.8 Å². The zero-order valence-corrected chi connectivity index (χ0v) is 19.0. The maximum Gasteiger partial charge on any atom is 0.434 e. The number of benzene rings is 1. The summed E-state index contributed by atoms with van der Waals surface area (Å²) < 4.78 is 20.3. The number of carbonyl (C=O) groups excluding carboxylic acids is 1. The van der Waals surface area contributed by atoms with Gasteiger partial charge in [0.05, 0.1) is 27.0 Å². The van der Waals surface area contributed by atoms with E-state index in [0.29, 0.717) is 45.4 Å². The van der Waals surface area contributed by atoms with Crippen LogP contribution in [0.4, 0.5) is 10.5 Å².